The summed E-state index contributed by atoms with van der Waals surface area (Å²) in [6, 6.07) is 14.6. The number of rotatable bonds is 6. The van der Waals surface area contributed by atoms with E-state index in [4.69, 9.17) is 21.1 Å². The van der Waals surface area contributed by atoms with Crippen LogP contribution in [0.2, 0.25) is 5.02 Å². The summed E-state index contributed by atoms with van der Waals surface area (Å²) < 4.78 is 15.0. The van der Waals surface area contributed by atoms with Gasteiger partial charge in [-0.05, 0) is 80.7 Å². The molecule has 0 N–H and O–H groups in total. The third-order valence-corrected chi connectivity index (χ3v) is 7.84. The van der Waals surface area contributed by atoms with E-state index in [-0.39, 0.29) is 5.56 Å². The largest absolute Gasteiger partial charge is 0.493 e. The SMILES string of the molecule is COc1cc(C=Nn2c(C)nc3ccc(Br)cc3c2=O)c(Br)c(Br)c1OCc1ccc(Cl)cc1. The van der Waals surface area contributed by atoms with Crippen LogP contribution < -0.4 is 15.0 Å². The summed E-state index contributed by atoms with van der Waals surface area (Å²) in [5.41, 5.74) is 2.00. The van der Waals surface area contributed by atoms with Crippen molar-refractivity contribution in [2.24, 2.45) is 5.10 Å². The molecule has 0 unspecified atom stereocenters. The van der Waals surface area contributed by atoms with Gasteiger partial charge in [0.2, 0.25) is 0 Å². The molecule has 0 spiro atoms. The number of methoxy groups -OCH3 is 1. The fourth-order valence-electron chi connectivity index (χ4n) is 3.24. The van der Waals surface area contributed by atoms with E-state index in [0.29, 0.717) is 54.4 Å². The van der Waals surface area contributed by atoms with Crippen LogP contribution in [-0.4, -0.2) is 23.0 Å². The normalized spacial score (nSPS) is 11.4. The van der Waals surface area contributed by atoms with E-state index in [1.807, 2.05) is 30.3 Å². The monoisotopic (exact) mass is 667 g/mol. The first-order valence-corrected chi connectivity index (χ1v) is 12.7. The van der Waals surface area contributed by atoms with Crippen molar-refractivity contribution in [1.82, 2.24) is 9.66 Å². The third-order valence-electron chi connectivity index (χ3n) is 4.95. The maximum absolute atomic E-state index is 13.0. The molecule has 0 saturated heterocycles. The highest BCUT2D eigenvalue weighted by Crippen LogP contribution is 2.42. The molecule has 0 atom stereocenters. The minimum atomic E-state index is -0.259. The molecule has 0 amide bonds. The van der Waals surface area contributed by atoms with Crippen LogP contribution in [0.1, 0.15) is 17.0 Å². The van der Waals surface area contributed by atoms with Gasteiger partial charge in [0.15, 0.2) is 11.5 Å². The molecular formula is C24H17Br3ClN3O3. The van der Waals surface area contributed by atoms with E-state index in [1.54, 1.807) is 38.4 Å². The number of nitrogens with zero attached hydrogens (tertiary/aromatic N) is 3. The maximum Gasteiger partial charge on any atom is 0.282 e. The Bertz CT molecular complexity index is 1470. The molecule has 0 aliphatic carbocycles. The van der Waals surface area contributed by atoms with Gasteiger partial charge in [0, 0.05) is 19.5 Å². The first-order valence-electron chi connectivity index (χ1n) is 9.95. The fourth-order valence-corrected chi connectivity index (χ4v) is 4.66. The van der Waals surface area contributed by atoms with Gasteiger partial charge in [0.1, 0.15) is 12.4 Å². The summed E-state index contributed by atoms with van der Waals surface area (Å²) >= 11 is 16.5. The molecule has 174 valence electrons. The van der Waals surface area contributed by atoms with E-state index in [2.05, 4.69) is 57.9 Å². The van der Waals surface area contributed by atoms with Crippen molar-refractivity contribution in [3.8, 4) is 11.5 Å². The second kappa shape index (κ2) is 10.6. The second-order valence-electron chi connectivity index (χ2n) is 7.22. The number of fused-ring (bicyclic) bond motifs is 1. The lowest BCUT2D eigenvalue weighted by atomic mass is 10.2. The van der Waals surface area contributed by atoms with Gasteiger partial charge in [0.05, 0.1) is 28.7 Å². The smallest absolute Gasteiger partial charge is 0.282 e. The van der Waals surface area contributed by atoms with Crippen molar-refractivity contribution < 1.29 is 9.47 Å². The lowest BCUT2D eigenvalue weighted by Gasteiger charge is -2.15. The minimum Gasteiger partial charge on any atom is -0.493 e. The highest BCUT2D eigenvalue weighted by Gasteiger charge is 2.17. The van der Waals surface area contributed by atoms with Gasteiger partial charge >= 0.3 is 0 Å². The zero-order valence-electron chi connectivity index (χ0n) is 18.0. The number of ether oxygens (including phenoxy) is 2. The molecule has 0 aliphatic heterocycles. The molecule has 0 bridgehead atoms. The predicted molar refractivity (Wildman–Crippen MR) is 146 cm³/mol. The summed E-state index contributed by atoms with van der Waals surface area (Å²) in [6.07, 6.45) is 1.57. The van der Waals surface area contributed by atoms with Crippen molar-refractivity contribution in [1.29, 1.82) is 0 Å². The first kappa shape index (κ1) is 24.9. The van der Waals surface area contributed by atoms with Gasteiger partial charge in [0.25, 0.3) is 5.56 Å². The first-order chi connectivity index (χ1) is 16.3. The van der Waals surface area contributed by atoms with Gasteiger partial charge in [-0.15, -0.1) is 0 Å². The van der Waals surface area contributed by atoms with Crippen LogP contribution in [0.25, 0.3) is 10.9 Å². The van der Waals surface area contributed by atoms with E-state index >= 15 is 0 Å². The summed E-state index contributed by atoms with van der Waals surface area (Å²) in [4.78, 5) is 17.5. The van der Waals surface area contributed by atoms with E-state index in [9.17, 15) is 4.79 Å². The molecule has 1 heterocycles. The lowest BCUT2D eigenvalue weighted by molar-refractivity contribution is 0.282. The van der Waals surface area contributed by atoms with Gasteiger partial charge in [-0.25, -0.2) is 4.98 Å². The molecule has 0 aliphatic rings. The van der Waals surface area contributed by atoms with E-state index < -0.39 is 0 Å². The Morgan fingerprint density at radius 1 is 1.09 bits per heavy atom. The molecular weight excluding hydrogens is 653 g/mol. The number of halogens is 4. The van der Waals surface area contributed by atoms with Crippen LogP contribution in [0.4, 0.5) is 0 Å². The molecule has 3 aromatic carbocycles. The number of benzene rings is 3. The molecule has 6 nitrogen and oxygen atoms in total. The van der Waals surface area contributed by atoms with E-state index in [0.717, 1.165) is 10.0 Å². The van der Waals surface area contributed by atoms with Crippen molar-refractivity contribution >= 4 is 76.5 Å². The van der Waals surface area contributed by atoms with Crippen molar-refractivity contribution in [2.45, 2.75) is 13.5 Å². The van der Waals surface area contributed by atoms with Crippen LogP contribution in [0.15, 0.2) is 71.8 Å². The van der Waals surface area contributed by atoms with Gasteiger partial charge in [-0.1, -0.05) is 39.7 Å². The van der Waals surface area contributed by atoms with Crippen LogP contribution >= 0.6 is 59.4 Å². The minimum absolute atomic E-state index is 0.259. The Morgan fingerprint density at radius 3 is 2.53 bits per heavy atom. The van der Waals surface area contributed by atoms with Crippen molar-refractivity contribution in [3.63, 3.8) is 0 Å². The number of aromatic nitrogens is 2. The highest BCUT2D eigenvalue weighted by molar-refractivity contribution is 9.13. The third kappa shape index (κ3) is 5.22. The van der Waals surface area contributed by atoms with Gasteiger partial charge in [-0.3, -0.25) is 4.79 Å². The van der Waals surface area contributed by atoms with Crippen LogP contribution in [-0.2, 0) is 6.61 Å². The molecule has 0 fully saturated rings. The molecule has 1 aromatic heterocycles. The second-order valence-corrected chi connectivity index (χ2v) is 10.2. The topological polar surface area (TPSA) is 65.7 Å². The van der Waals surface area contributed by atoms with Crippen LogP contribution in [0.3, 0.4) is 0 Å². The Balaban J connectivity index is 1.68. The Labute approximate surface area is 225 Å². The maximum atomic E-state index is 13.0. The fraction of sp³-hybridized carbons (Fsp3) is 0.125. The average Bonchev–Trinajstić information content (AvgIpc) is 2.82. The number of aryl methyl sites for hydroxylation is 1. The standard InChI is InChI=1S/C24H17Br3ClN3O3/c1-13-30-19-8-5-16(25)10-18(19)24(32)31(13)29-11-15-9-20(33-2)23(22(27)21(15)26)34-12-14-3-6-17(28)7-4-14/h3-11H,12H2,1-2H3. The summed E-state index contributed by atoms with van der Waals surface area (Å²) in [6.45, 7) is 2.07. The molecule has 10 heteroatoms. The van der Waals surface area contributed by atoms with Crippen molar-refractivity contribution in [2.75, 3.05) is 7.11 Å². The zero-order valence-corrected chi connectivity index (χ0v) is 23.5. The lowest BCUT2D eigenvalue weighted by Crippen LogP contribution is -2.20. The molecule has 0 radical (unpaired) electrons. The quantitative estimate of drug-likeness (QED) is 0.205. The Kier molecular flexibility index (Phi) is 7.77. The Morgan fingerprint density at radius 2 is 1.82 bits per heavy atom. The summed E-state index contributed by atoms with van der Waals surface area (Å²) in [5, 5.41) is 5.54. The molecule has 4 aromatic rings. The predicted octanol–water partition coefficient (Wildman–Crippen LogP) is 7.12. The van der Waals surface area contributed by atoms with Crippen LogP contribution in [0, 0.1) is 6.92 Å². The Hall–Kier alpha value is -2.20. The molecule has 0 saturated carbocycles. The van der Waals surface area contributed by atoms with Gasteiger partial charge in [-0.2, -0.15) is 9.78 Å². The summed E-state index contributed by atoms with van der Waals surface area (Å²) in [7, 11) is 1.56. The van der Waals surface area contributed by atoms with Crippen LogP contribution in [0.5, 0.6) is 11.5 Å². The van der Waals surface area contributed by atoms with Crippen molar-refractivity contribution in [3.05, 3.63) is 94.3 Å². The van der Waals surface area contributed by atoms with Gasteiger partial charge < -0.3 is 9.47 Å². The molecule has 34 heavy (non-hydrogen) atoms. The van der Waals surface area contributed by atoms with E-state index in [1.165, 1.54) is 4.68 Å². The number of hydrogen-bond donors (Lipinski definition) is 0. The highest BCUT2D eigenvalue weighted by atomic mass is 79.9. The zero-order chi connectivity index (χ0) is 24.4. The summed E-state index contributed by atoms with van der Waals surface area (Å²) in [5.74, 6) is 1.52. The number of hydrogen-bond acceptors (Lipinski definition) is 5. The molecule has 4 rings (SSSR count). The average molecular weight is 671 g/mol.